The van der Waals surface area contributed by atoms with Crippen LogP contribution in [0.15, 0.2) is 53.0 Å². The molecule has 3 rings (SSSR count). The van der Waals surface area contributed by atoms with E-state index in [1.165, 1.54) is 18.4 Å². The van der Waals surface area contributed by atoms with Crippen LogP contribution in [-0.2, 0) is 6.42 Å². The Labute approximate surface area is 166 Å². The Bertz CT molecular complexity index is 880. The molecule has 4 heteroatoms. The number of hydrogen-bond donors (Lipinski definition) is 0. The molecular formula is C23H25ClN2O. The summed E-state index contributed by atoms with van der Waals surface area (Å²) in [6, 6.07) is 11.8. The number of amidine groups is 1. The average Bonchev–Trinajstić information content (AvgIpc) is 3.51. The van der Waals surface area contributed by atoms with Crippen molar-refractivity contribution >= 4 is 29.9 Å². The third-order valence-corrected chi connectivity index (χ3v) is 5.12. The van der Waals surface area contributed by atoms with Gasteiger partial charge in [0.25, 0.3) is 0 Å². The predicted octanol–water partition coefficient (Wildman–Crippen LogP) is 6.12. The second-order valence-corrected chi connectivity index (χ2v) is 7.34. The lowest BCUT2D eigenvalue weighted by atomic mass is 10.0. The summed E-state index contributed by atoms with van der Waals surface area (Å²) in [5, 5.41) is 0.625. The molecule has 0 amide bonds. The van der Waals surface area contributed by atoms with Crippen LogP contribution in [0, 0.1) is 12.8 Å². The van der Waals surface area contributed by atoms with Crippen LogP contribution in [0.5, 0.6) is 5.75 Å². The third kappa shape index (κ3) is 4.86. The molecule has 0 atom stereocenters. The standard InChI is InChI=1S/C23H25ClN2O/c1-5-18-13-22(24)21(12-15(18)2)23(25-4)26-16(3)19-8-10-20(11-9-19)27-14-17-6-7-17/h8-13,17H,3-7,14H2,1-2H3. The van der Waals surface area contributed by atoms with Crippen molar-refractivity contribution in [1.29, 1.82) is 0 Å². The topological polar surface area (TPSA) is 34.0 Å². The number of aryl methyl sites for hydroxylation is 2. The molecule has 0 radical (unpaired) electrons. The Balaban J connectivity index is 1.79. The van der Waals surface area contributed by atoms with Crippen molar-refractivity contribution in [2.45, 2.75) is 33.1 Å². The Kier molecular flexibility index (Phi) is 6.12. The van der Waals surface area contributed by atoms with E-state index in [2.05, 4.69) is 37.1 Å². The van der Waals surface area contributed by atoms with Crippen LogP contribution in [-0.4, -0.2) is 19.2 Å². The predicted molar refractivity (Wildman–Crippen MR) is 115 cm³/mol. The normalized spacial score (nSPS) is 14.1. The van der Waals surface area contributed by atoms with Crippen molar-refractivity contribution < 1.29 is 4.74 Å². The number of ether oxygens (including phenoxy) is 1. The Morgan fingerprint density at radius 3 is 2.52 bits per heavy atom. The first-order valence-electron chi connectivity index (χ1n) is 9.28. The molecule has 140 valence electrons. The van der Waals surface area contributed by atoms with Crippen LogP contribution in [0.1, 0.15) is 42.0 Å². The molecule has 0 heterocycles. The molecule has 0 saturated heterocycles. The molecule has 27 heavy (non-hydrogen) atoms. The first kappa shape index (κ1) is 19.4. The fourth-order valence-electron chi connectivity index (χ4n) is 2.89. The SMILES string of the molecule is C=NC(=NC(=C)c1ccc(OCC2CC2)cc1)c1cc(C)c(CC)cc1Cl. The van der Waals surface area contributed by atoms with Crippen molar-refractivity contribution in [3.05, 3.63) is 70.3 Å². The van der Waals surface area contributed by atoms with Crippen LogP contribution >= 0.6 is 11.6 Å². The van der Waals surface area contributed by atoms with Crippen molar-refractivity contribution in [3.8, 4) is 5.75 Å². The number of rotatable bonds is 7. The summed E-state index contributed by atoms with van der Waals surface area (Å²) in [5.41, 5.74) is 4.67. The molecule has 1 aliphatic carbocycles. The highest BCUT2D eigenvalue weighted by Gasteiger charge is 2.21. The van der Waals surface area contributed by atoms with E-state index < -0.39 is 0 Å². The largest absolute Gasteiger partial charge is 0.493 e. The summed E-state index contributed by atoms with van der Waals surface area (Å²) >= 11 is 6.45. The molecule has 0 aromatic heterocycles. The summed E-state index contributed by atoms with van der Waals surface area (Å²) in [6.07, 6.45) is 3.49. The van der Waals surface area contributed by atoms with E-state index in [0.29, 0.717) is 16.6 Å². The number of aliphatic imine (C=N–C) groups is 2. The van der Waals surface area contributed by atoms with Gasteiger partial charge in [-0.2, -0.15) is 0 Å². The van der Waals surface area contributed by atoms with Crippen LogP contribution < -0.4 is 4.74 Å². The smallest absolute Gasteiger partial charge is 0.160 e. The molecule has 2 aromatic carbocycles. The van der Waals surface area contributed by atoms with E-state index in [4.69, 9.17) is 16.3 Å². The molecule has 0 spiro atoms. The zero-order valence-corrected chi connectivity index (χ0v) is 16.7. The summed E-state index contributed by atoms with van der Waals surface area (Å²) < 4.78 is 5.78. The van der Waals surface area contributed by atoms with Gasteiger partial charge in [0, 0.05) is 5.56 Å². The van der Waals surface area contributed by atoms with Gasteiger partial charge in [-0.1, -0.05) is 25.1 Å². The maximum absolute atomic E-state index is 6.45. The maximum atomic E-state index is 6.45. The zero-order valence-electron chi connectivity index (χ0n) is 16.0. The van der Waals surface area contributed by atoms with Crippen LogP contribution in [0.3, 0.4) is 0 Å². The first-order valence-corrected chi connectivity index (χ1v) is 9.66. The third-order valence-electron chi connectivity index (χ3n) is 4.81. The van der Waals surface area contributed by atoms with Gasteiger partial charge in [-0.05, 0) is 91.9 Å². The van der Waals surface area contributed by atoms with E-state index in [1.807, 2.05) is 36.4 Å². The number of benzene rings is 2. The summed E-state index contributed by atoms with van der Waals surface area (Å²) in [4.78, 5) is 8.66. The van der Waals surface area contributed by atoms with Crippen molar-refractivity contribution in [2.24, 2.45) is 15.9 Å². The van der Waals surface area contributed by atoms with Crippen LogP contribution in [0.25, 0.3) is 5.70 Å². The molecule has 0 N–H and O–H groups in total. The average molecular weight is 381 g/mol. The number of nitrogens with zero attached hydrogens (tertiary/aromatic N) is 2. The summed E-state index contributed by atoms with van der Waals surface area (Å²) in [6.45, 7) is 12.7. The van der Waals surface area contributed by atoms with Gasteiger partial charge in [0.15, 0.2) is 5.84 Å². The van der Waals surface area contributed by atoms with Gasteiger partial charge in [0.1, 0.15) is 5.75 Å². The molecule has 0 bridgehead atoms. The number of hydrogen-bond acceptors (Lipinski definition) is 2. The fourth-order valence-corrected chi connectivity index (χ4v) is 3.16. The summed E-state index contributed by atoms with van der Waals surface area (Å²) in [5.74, 6) is 2.08. The molecule has 0 unspecified atom stereocenters. The van der Waals surface area contributed by atoms with Crippen molar-refractivity contribution in [1.82, 2.24) is 0 Å². The molecular weight excluding hydrogens is 356 g/mol. The van der Waals surface area contributed by atoms with Crippen LogP contribution in [0.2, 0.25) is 5.02 Å². The quantitative estimate of drug-likeness (QED) is 0.421. The van der Waals surface area contributed by atoms with E-state index in [9.17, 15) is 0 Å². The summed E-state index contributed by atoms with van der Waals surface area (Å²) in [7, 11) is 0. The van der Waals surface area contributed by atoms with Gasteiger partial charge in [0.2, 0.25) is 0 Å². The van der Waals surface area contributed by atoms with E-state index in [1.54, 1.807) is 0 Å². The number of halogens is 1. The minimum Gasteiger partial charge on any atom is -0.493 e. The molecule has 0 aliphatic heterocycles. The highest BCUT2D eigenvalue weighted by Crippen LogP contribution is 2.30. The van der Waals surface area contributed by atoms with Crippen LogP contribution in [0.4, 0.5) is 0 Å². The molecule has 1 saturated carbocycles. The lowest BCUT2D eigenvalue weighted by Crippen LogP contribution is -2.01. The van der Waals surface area contributed by atoms with E-state index in [-0.39, 0.29) is 0 Å². The first-order chi connectivity index (χ1) is 13.0. The Morgan fingerprint density at radius 2 is 1.93 bits per heavy atom. The fraction of sp³-hybridized carbons (Fsp3) is 0.304. The second-order valence-electron chi connectivity index (χ2n) is 6.93. The molecule has 2 aromatic rings. The molecule has 3 nitrogen and oxygen atoms in total. The van der Waals surface area contributed by atoms with Crippen molar-refractivity contribution in [3.63, 3.8) is 0 Å². The van der Waals surface area contributed by atoms with Gasteiger partial charge in [-0.25, -0.2) is 9.98 Å². The zero-order chi connectivity index (χ0) is 19.4. The monoisotopic (exact) mass is 380 g/mol. The Hall–Kier alpha value is -2.39. The van der Waals surface area contributed by atoms with E-state index in [0.717, 1.165) is 41.4 Å². The lowest BCUT2D eigenvalue weighted by molar-refractivity contribution is 0.300. The highest BCUT2D eigenvalue weighted by atomic mass is 35.5. The van der Waals surface area contributed by atoms with Crippen molar-refractivity contribution in [2.75, 3.05) is 6.61 Å². The minimum atomic E-state index is 0.477. The minimum absolute atomic E-state index is 0.477. The van der Waals surface area contributed by atoms with Gasteiger partial charge in [0.05, 0.1) is 17.3 Å². The second kappa shape index (κ2) is 8.53. The van der Waals surface area contributed by atoms with E-state index >= 15 is 0 Å². The van der Waals surface area contributed by atoms with Gasteiger partial charge < -0.3 is 4.74 Å². The van der Waals surface area contributed by atoms with Gasteiger partial charge >= 0.3 is 0 Å². The molecule has 1 aliphatic rings. The highest BCUT2D eigenvalue weighted by molar-refractivity contribution is 6.34. The van der Waals surface area contributed by atoms with Gasteiger partial charge in [-0.3, -0.25) is 0 Å². The van der Waals surface area contributed by atoms with Gasteiger partial charge in [-0.15, -0.1) is 0 Å². The lowest BCUT2D eigenvalue weighted by Gasteiger charge is -2.10. The maximum Gasteiger partial charge on any atom is 0.160 e. The Morgan fingerprint density at radius 1 is 1.22 bits per heavy atom. The molecule has 1 fully saturated rings.